The average Bonchev–Trinajstić information content (AvgIpc) is 2.41. The second kappa shape index (κ2) is 5.54. The minimum absolute atomic E-state index is 0.0445. The Morgan fingerprint density at radius 1 is 1.42 bits per heavy atom. The summed E-state index contributed by atoms with van der Waals surface area (Å²) >= 11 is 0. The Kier molecular flexibility index (Phi) is 4.01. The number of ether oxygens (including phenoxy) is 1. The fourth-order valence-electron chi connectivity index (χ4n) is 2.37. The number of halogens is 1. The van der Waals surface area contributed by atoms with Crippen molar-refractivity contribution in [3.8, 4) is 5.75 Å². The highest BCUT2D eigenvalue weighted by atomic mass is 19.1. The predicted octanol–water partition coefficient (Wildman–Crippen LogP) is 1.66. The maximum atomic E-state index is 13.4. The van der Waals surface area contributed by atoms with E-state index in [4.69, 9.17) is 15.6 Å². The van der Waals surface area contributed by atoms with E-state index >= 15 is 0 Å². The van der Waals surface area contributed by atoms with Crippen molar-refractivity contribution in [3.63, 3.8) is 0 Å². The molecular weight excluding hydrogens is 253 g/mol. The normalized spacial score (nSPS) is 18.2. The minimum Gasteiger partial charge on any atom is -0.507 e. The lowest BCUT2D eigenvalue weighted by Crippen LogP contribution is -2.27. The highest BCUT2D eigenvalue weighted by Gasteiger charge is 2.27. The third-order valence-electron chi connectivity index (χ3n) is 3.47. The first-order chi connectivity index (χ1) is 9.00. The number of carbonyl (C=O) groups is 1. The molecule has 1 aliphatic heterocycles. The molecular formula is C13H16FNO4. The SMILES string of the molecule is N[C@@H](c1cc(F)cc(C(=O)O)c1O)C1CCOCC1. The summed E-state index contributed by atoms with van der Waals surface area (Å²) in [6.07, 6.45) is 1.42. The van der Waals surface area contributed by atoms with E-state index in [0.29, 0.717) is 26.1 Å². The zero-order valence-electron chi connectivity index (χ0n) is 10.3. The van der Waals surface area contributed by atoms with Gasteiger partial charge >= 0.3 is 5.97 Å². The van der Waals surface area contributed by atoms with Gasteiger partial charge in [-0.2, -0.15) is 0 Å². The van der Waals surface area contributed by atoms with Crippen molar-refractivity contribution < 1.29 is 24.1 Å². The van der Waals surface area contributed by atoms with Gasteiger partial charge < -0.3 is 20.7 Å². The van der Waals surface area contributed by atoms with Crippen LogP contribution >= 0.6 is 0 Å². The third kappa shape index (κ3) is 2.85. The summed E-state index contributed by atoms with van der Waals surface area (Å²) in [6.45, 7) is 1.14. The minimum atomic E-state index is -1.38. The van der Waals surface area contributed by atoms with Crippen LogP contribution in [0.25, 0.3) is 0 Å². The number of hydrogen-bond acceptors (Lipinski definition) is 4. The standard InChI is InChI=1S/C13H16FNO4/c14-8-5-9(12(16)10(6-8)13(17)18)11(15)7-1-3-19-4-2-7/h5-7,11,16H,1-4,15H2,(H,17,18)/t11-/m1/s1. The molecule has 2 rings (SSSR count). The van der Waals surface area contributed by atoms with Crippen LogP contribution in [0, 0.1) is 11.7 Å². The highest BCUT2D eigenvalue weighted by Crippen LogP contribution is 2.35. The Morgan fingerprint density at radius 2 is 2.05 bits per heavy atom. The molecule has 104 valence electrons. The van der Waals surface area contributed by atoms with Gasteiger partial charge in [0.2, 0.25) is 0 Å². The van der Waals surface area contributed by atoms with Crippen LogP contribution in [-0.2, 0) is 4.74 Å². The smallest absolute Gasteiger partial charge is 0.339 e. The zero-order chi connectivity index (χ0) is 14.0. The number of rotatable bonds is 3. The summed E-state index contributed by atoms with van der Waals surface area (Å²) in [5, 5.41) is 18.8. The Labute approximate surface area is 109 Å². The molecule has 1 atom stereocenters. The van der Waals surface area contributed by atoms with Gasteiger partial charge in [0.1, 0.15) is 17.1 Å². The maximum absolute atomic E-state index is 13.4. The number of hydrogen-bond donors (Lipinski definition) is 3. The number of carboxylic acids is 1. The van der Waals surface area contributed by atoms with Crippen molar-refractivity contribution in [2.45, 2.75) is 18.9 Å². The molecule has 4 N–H and O–H groups in total. The van der Waals surface area contributed by atoms with E-state index in [9.17, 15) is 14.3 Å². The second-order valence-electron chi connectivity index (χ2n) is 4.67. The Bertz CT molecular complexity index is 486. The van der Waals surface area contributed by atoms with E-state index in [1.165, 1.54) is 0 Å². The van der Waals surface area contributed by atoms with Gasteiger partial charge in [-0.15, -0.1) is 0 Å². The molecule has 5 nitrogen and oxygen atoms in total. The molecule has 0 radical (unpaired) electrons. The second-order valence-corrected chi connectivity index (χ2v) is 4.67. The lowest BCUT2D eigenvalue weighted by Gasteiger charge is -2.28. The highest BCUT2D eigenvalue weighted by molar-refractivity contribution is 5.91. The summed E-state index contributed by atoms with van der Waals surface area (Å²) in [5.41, 5.74) is 5.72. The van der Waals surface area contributed by atoms with Gasteiger partial charge in [-0.3, -0.25) is 0 Å². The molecule has 19 heavy (non-hydrogen) atoms. The summed E-state index contributed by atoms with van der Waals surface area (Å²) in [6, 6.07) is 1.29. The fraction of sp³-hybridized carbons (Fsp3) is 0.462. The van der Waals surface area contributed by atoms with Crippen LogP contribution < -0.4 is 5.73 Å². The number of carboxylic acid groups (broad SMARTS) is 1. The van der Waals surface area contributed by atoms with E-state index in [2.05, 4.69) is 0 Å². The lowest BCUT2D eigenvalue weighted by atomic mass is 9.86. The van der Waals surface area contributed by atoms with Gasteiger partial charge in [-0.25, -0.2) is 9.18 Å². The predicted molar refractivity (Wildman–Crippen MR) is 65.5 cm³/mol. The topological polar surface area (TPSA) is 92.8 Å². The number of aromatic hydroxyl groups is 1. The molecule has 0 amide bonds. The van der Waals surface area contributed by atoms with Crippen molar-refractivity contribution in [2.75, 3.05) is 13.2 Å². The van der Waals surface area contributed by atoms with Crippen molar-refractivity contribution in [3.05, 3.63) is 29.1 Å². The maximum Gasteiger partial charge on any atom is 0.339 e. The largest absolute Gasteiger partial charge is 0.507 e. The first kappa shape index (κ1) is 13.8. The van der Waals surface area contributed by atoms with Gasteiger partial charge in [0.25, 0.3) is 0 Å². The van der Waals surface area contributed by atoms with Gasteiger partial charge in [-0.1, -0.05) is 0 Å². The lowest BCUT2D eigenvalue weighted by molar-refractivity contribution is 0.0579. The van der Waals surface area contributed by atoms with E-state index in [1.807, 2.05) is 0 Å². The molecule has 0 saturated carbocycles. The van der Waals surface area contributed by atoms with Crippen LogP contribution in [0.15, 0.2) is 12.1 Å². The molecule has 1 fully saturated rings. The monoisotopic (exact) mass is 269 g/mol. The molecule has 1 heterocycles. The molecule has 1 aromatic carbocycles. The van der Waals surface area contributed by atoms with Crippen molar-refractivity contribution in [1.29, 1.82) is 0 Å². The Morgan fingerprint density at radius 3 is 2.63 bits per heavy atom. The number of aromatic carboxylic acids is 1. The number of benzene rings is 1. The van der Waals surface area contributed by atoms with Gasteiger partial charge in [0, 0.05) is 24.8 Å². The van der Waals surface area contributed by atoms with Crippen molar-refractivity contribution in [2.24, 2.45) is 11.7 Å². The van der Waals surface area contributed by atoms with Crippen LogP contribution in [0.1, 0.15) is 34.8 Å². The van der Waals surface area contributed by atoms with E-state index in [0.717, 1.165) is 12.1 Å². The third-order valence-corrected chi connectivity index (χ3v) is 3.47. The van der Waals surface area contributed by atoms with Crippen LogP contribution in [0.4, 0.5) is 4.39 Å². The van der Waals surface area contributed by atoms with Gasteiger partial charge in [0.05, 0.1) is 0 Å². The number of nitrogens with two attached hydrogens (primary N) is 1. The van der Waals surface area contributed by atoms with E-state index < -0.39 is 29.1 Å². The molecule has 1 saturated heterocycles. The summed E-state index contributed by atoms with van der Waals surface area (Å²) in [7, 11) is 0. The molecule has 0 spiro atoms. The van der Waals surface area contributed by atoms with E-state index in [-0.39, 0.29) is 11.5 Å². The van der Waals surface area contributed by atoms with E-state index in [1.54, 1.807) is 0 Å². The van der Waals surface area contributed by atoms with Crippen LogP contribution in [-0.4, -0.2) is 29.4 Å². The molecule has 0 aliphatic carbocycles. The summed E-state index contributed by atoms with van der Waals surface area (Å²) in [4.78, 5) is 10.9. The molecule has 0 bridgehead atoms. The first-order valence-corrected chi connectivity index (χ1v) is 6.09. The molecule has 1 aromatic rings. The molecule has 6 heteroatoms. The van der Waals surface area contributed by atoms with Crippen LogP contribution in [0.2, 0.25) is 0 Å². The van der Waals surface area contributed by atoms with Crippen molar-refractivity contribution >= 4 is 5.97 Å². The van der Waals surface area contributed by atoms with Crippen molar-refractivity contribution in [1.82, 2.24) is 0 Å². The zero-order valence-corrected chi connectivity index (χ0v) is 10.3. The molecule has 0 aromatic heterocycles. The fourth-order valence-corrected chi connectivity index (χ4v) is 2.37. The van der Waals surface area contributed by atoms with Gasteiger partial charge in [-0.05, 0) is 30.9 Å². The quantitative estimate of drug-likeness (QED) is 0.776. The average molecular weight is 269 g/mol. The Balaban J connectivity index is 2.35. The first-order valence-electron chi connectivity index (χ1n) is 6.09. The molecule has 1 aliphatic rings. The van der Waals surface area contributed by atoms with Crippen LogP contribution in [0.3, 0.4) is 0 Å². The Hall–Kier alpha value is -1.66. The summed E-state index contributed by atoms with van der Waals surface area (Å²) in [5.74, 6) is -2.50. The van der Waals surface area contributed by atoms with Gasteiger partial charge in [0.15, 0.2) is 0 Å². The summed E-state index contributed by atoms with van der Waals surface area (Å²) < 4.78 is 18.7. The van der Waals surface area contributed by atoms with Crippen LogP contribution in [0.5, 0.6) is 5.75 Å². The molecule has 0 unspecified atom stereocenters. The number of phenols is 1.